The van der Waals surface area contributed by atoms with Gasteiger partial charge in [0.1, 0.15) is 5.69 Å². The first kappa shape index (κ1) is 14.5. The molecule has 0 saturated heterocycles. The van der Waals surface area contributed by atoms with Crippen molar-refractivity contribution in [1.29, 1.82) is 0 Å². The Morgan fingerprint density at radius 2 is 1.95 bits per heavy atom. The van der Waals surface area contributed by atoms with Gasteiger partial charge in [-0.05, 0) is 28.8 Å². The van der Waals surface area contributed by atoms with Crippen LogP contribution in [0.3, 0.4) is 0 Å². The standard InChI is InChI=1S/C17H18BrNO2/c1-11-6-8-13(9-7-11)16-15(18)17(21-19-16)14(20)10-12-4-2-3-5-12/h6-9,12H,2-5,10H2,1H3. The predicted molar refractivity (Wildman–Crippen MR) is 85.3 cm³/mol. The number of rotatable bonds is 4. The third-order valence-electron chi connectivity index (χ3n) is 4.16. The molecular weight excluding hydrogens is 330 g/mol. The maximum atomic E-state index is 12.4. The minimum absolute atomic E-state index is 0.0552. The molecule has 21 heavy (non-hydrogen) atoms. The molecular formula is C17H18BrNO2. The largest absolute Gasteiger partial charge is 0.351 e. The van der Waals surface area contributed by atoms with Gasteiger partial charge in [0.2, 0.25) is 11.5 Å². The van der Waals surface area contributed by atoms with E-state index in [2.05, 4.69) is 21.1 Å². The number of nitrogens with zero attached hydrogens (tertiary/aromatic N) is 1. The molecule has 1 heterocycles. The molecule has 0 spiro atoms. The lowest BCUT2D eigenvalue weighted by molar-refractivity contribution is 0.0925. The Bertz CT molecular complexity index is 639. The van der Waals surface area contributed by atoms with E-state index in [-0.39, 0.29) is 5.78 Å². The third-order valence-corrected chi connectivity index (χ3v) is 4.90. The smallest absolute Gasteiger partial charge is 0.217 e. The molecule has 110 valence electrons. The van der Waals surface area contributed by atoms with Gasteiger partial charge < -0.3 is 4.52 Å². The van der Waals surface area contributed by atoms with Crippen LogP contribution in [-0.4, -0.2) is 10.9 Å². The predicted octanol–water partition coefficient (Wildman–Crippen LogP) is 5.18. The fourth-order valence-electron chi connectivity index (χ4n) is 2.91. The van der Waals surface area contributed by atoms with Crippen molar-refractivity contribution in [1.82, 2.24) is 5.16 Å². The summed E-state index contributed by atoms with van der Waals surface area (Å²) in [6, 6.07) is 8.03. The zero-order valence-electron chi connectivity index (χ0n) is 12.1. The first-order valence-corrected chi connectivity index (χ1v) is 8.20. The number of aryl methyl sites for hydroxylation is 1. The van der Waals surface area contributed by atoms with E-state index in [1.54, 1.807) is 0 Å². The van der Waals surface area contributed by atoms with Crippen molar-refractivity contribution in [3.8, 4) is 11.3 Å². The highest BCUT2D eigenvalue weighted by atomic mass is 79.9. The lowest BCUT2D eigenvalue weighted by Gasteiger charge is -2.05. The summed E-state index contributed by atoms with van der Waals surface area (Å²) in [7, 11) is 0. The molecule has 1 saturated carbocycles. The van der Waals surface area contributed by atoms with Gasteiger partial charge in [0.05, 0.1) is 4.47 Å². The second-order valence-electron chi connectivity index (χ2n) is 5.82. The van der Waals surface area contributed by atoms with Gasteiger partial charge >= 0.3 is 0 Å². The third kappa shape index (κ3) is 3.10. The van der Waals surface area contributed by atoms with Crippen molar-refractivity contribution >= 4 is 21.7 Å². The van der Waals surface area contributed by atoms with E-state index >= 15 is 0 Å². The second-order valence-corrected chi connectivity index (χ2v) is 6.61. The molecule has 0 N–H and O–H groups in total. The van der Waals surface area contributed by atoms with Crippen LogP contribution in [0.25, 0.3) is 11.3 Å². The van der Waals surface area contributed by atoms with Crippen LogP contribution in [0.15, 0.2) is 33.3 Å². The van der Waals surface area contributed by atoms with Crippen molar-refractivity contribution in [2.24, 2.45) is 5.92 Å². The molecule has 1 aromatic carbocycles. The van der Waals surface area contributed by atoms with Gasteiger partial charge in [0.25, 0.3) is 0 Å². The van der Waals surface area contributed by atoms with Gasteiger partial charge in [-0.25, -0.2) is 0 Å². The van der Waals surface area contributed by atoms with E-state index in [4.69, 9.17) is 4.52 Å². The van der Waals surface area contributed by atoms with Crippen LogP contribution in [-0.2, 0) is 0 Å². The fourth-order valence-corrected chi connectivity index (χ4v) is 3.51. The van der Waals surface area contributed by atoms with Gasteiger partial charge in [0, 0.05) is 12.0 Å². The van der Waals surface area contributed by atoms with E-state index in [1.165, 1.54) is 18.4 Å². The molecule has 0 radical (unpaired) electrons. The van der Waals surface area contributed by atoms with Crippen LogP contribution in [0.2, 0.25) is 0 Å². The Labute approximate surface area is 132 Å². The zero-order chi connectivity index (χ0) is 14.8. The summed E-state index contributed by atoms with van der Waals surface area (Å²) in [5.74, 6) is 0.925. The number of Topliss-reactive ketones (excluding diaryl/α,β-unsaturated/α-hetero) is 1. The quantitative estimate of drug-likeness (QED) is 0.716. The number of carbonyl (C=O) groups is 1. The molecule has 1 aliphatic rings. The summed E-state index contributed by atoms with van der Waals surface area (Å²) >= 11 is 3.48. The normalized spacial score (nSPS) is 15.5. The topological polar surface area (TPSA) is 43.1 Å². The molecule has 0 unspecified atom stereocenters. The van der Waals surface area contributed by atoms with Crippen molar-refractivity contribution < 1.29 is 9.32 Å². The highest BCUT2D eigenvalue weighted by Gasteiger charge is 2.25. The summed E-state index contributed by atoms with van der Waals surface area (Å²) in [4.78, 5) is 12.4. The minimum Gasteiger partial charge on any atom is -0.351 e. The first-order chi connectivity index (χ1) is 10.1. The highest BCUT2D eigenvalue weighted by molar-refractivity contribution is 9.10. The zero-order valence-corrected chi connectivity index (χ0v) is 13.6. The van der Waals surface area contributed by atoms with E-state index < -0.39 is 0 Å². The Morgan fingerprint density at radius 3 is 2.62 bits per heavy atom. The van der Waals surface area contributed by atoms with Crippen LogP contribution in [0.1, 0.15) is 48.2 Å². The second kappa shape index (κ2) is 6.14. The van der Waals surface area contributed by atoms with Gasteiger partial charge in [0.15, 0.2) is 0 Å². The van der Waals surface area contributed by atoms with Crippen molar-refractivity contribution in [3.63, 3.8) is 0 Å². The molecule has 0 bridgehead atoms. The van der Waals surface area contributed by atoms with Crippen LogP contribution >= 0.6 is 15.9 Å². The van der Waals surface area contributed by atoms with Gasteiger partial charge in [-0.2, -0.15) is 0 Å². The number of carbonyl (C=O) groups excluding carboxylic acids is 1. The average Bonchev–Trinajstić information content (AvgIpc) is 3.09. The number of benzene rings is 1. The molecule has 2 aromatic rings. The SMILES string of the molecule is Cc1ccc(-c2noc(C(=O)CC3CCCC3)c2Br)cc1. The van der Waals surface area contributed by atoms with Crippen molar-refractivity contribution in [2.45, 2.75) is 39.0 Å². The molecule has 1 aromatic heterocycles. The Kier molecular flexibility index (Phi) is 4.24. The fraction of sp³-hybridized carbons (Fsp3) is 0.412. The maximum absolute atomic E-state index is 12.4. The summed E-state index contributed by atoms with van der Waals surface area (Å²) in [5, 5.41) is 4.07. The number of hydrogen-bond acceptors (Lipinski definition) is 3. The van der Waals surface area contributed by atoms with Crippen molar-refractivity contribution in [2.75, 3.05) is 0 Å². The Morgan fingerprint density at radius 1 is 1.29 bits per heavy atom. The van der Waals surface area contributed by atoms with Crippen LogP contribution in [0, 0.1) is 12.8 Å². The molecule has 1 fully saturated rings. The molecule has 1 aliphatic carbocycles. The minimum atomic E-state index is 0.0552. The van der Waals surface area contributed by atoms with E-state index in [0.29, 0.717) is 28.3 Å². The van der Waals surface area contributed by atoms with E-state index in [9.17, 15) is 4.79 Å². The number of aromatic nitrogens is 1. The van der Waals surface area contributed by atoms with Crippen molar-refractivity contribution in [3.05, 3.63) is 40.1 Å². The lowest BCUT2D eigenvalue weighted by atomic mass is 9.99. The highest BCUT2D eigenvalue weighted by Crippen LogP contribution is 2.34. The number of halogens is 1. The van der Waals surface area contributed by atoms with Gasteiger partial charge in [-0.1, -0.05) is 60.7 Å². The lowest BCUT2D eigenvalue weighted by Crippen LogP contribution is -2.05. The molecule has 3 rings (SSSR count). The molecule has 4 heteroatoms. The first-order valence-electron chi connectivity index (χ1n) is 7.40. The number of ketones is 1. The van der Waals surface area contributed by atoms with Gasteiger partial charge in [-0.3, -0.25) is 4.79 Å². The number of hydrogen-bond donors (Lipinski definition) is 0. The molecule has 0 amide bonds. The van der Waals surface area contributed by atoms with E-state index in [1.807, 2.05) is 31.2 Å². The summed E-state index contributed by atoms with van der Waals surface area (Å²) in [5.41, 5.74) is 2.84. The van der Waals surface area contributed by atoms with Crippen LogP contribution in [0.5, 0.6) is 0 Å². The van der Waals surface area contributed by atoms with Crippen LogP contribution < -0.4 is 0 Å². The van der Waals surface area contributed by atoms with Gasteiger partial charge in [-0.15, -0.1) is 0 Å². The monoisotopic (exact) mass is 347 g/mol. The van der Waals surface area contributed by atoms with Crippen LogP contribution in [0.4, 0.5) is 0 Å². The maximum Gasteiger partial charge on any atom is 0.217 e. The summed E-state index contributed by atoms with van der Waals surface area (Å²) < 4.78 is 5.98. The Hall–Kier alpha value is -1.42. The summed E-state index contributed by atoms with van der Waals surface area (Å²) in [6.45, 7) is 2.04. The molecule has 3 nitrogen and oxygen atoms in total. The Balaban J connectivity index is 1.81. The summed E-state index contributed by atoms with van der Waals surface area (Å²) in [6.07, 6.45) is 5.36. The average molecular weight is 348 g/mol. The molecule has 0 aliphatic heterocycles. The van der Waals surface area contributed by atoms with E-state index in [0.717, 1.165) is 18.4 Å². The molecule has 0 atom stereocenters.